The molecule has 0 radical (unpaired) electrons. The lowest BCUT2D eigenvalue weighted by Gasteiger charge is -2.12. The van der Waals surface area contributed by atoms with Crippen LogP contribution >= 0.6 is 0 Å². The van der Waals surface area contributed by atoms with Crippen molar-refractivity contribution >= 4 is 10.9 Å². The van der Waals surface area contributed by atoms with E-state index in [4.69, 9.17) is 10.5 Å². The smallest absolute Gasteiger partial charge is 0.0645 e. The Morgan fingerprint density at radius 3 is 2.84 bits per heavy atom. The maximum atomic E-state index is 5.94. The van der Waals surface area contributed by atoms with Crippen LogP contribution in [0.25, 0.3) is 10.9 Å². The lowest BCUT2D eigenvalue weighted by atomic mass is 10.0. The van der Waals surface area contributed by atoms with Crippen LogP contribution in [0.15, 0.2) is 30.5 Å². The molecule has 104 valence electrons. The van der Waals surface area contributed by atoms with Gasteiger partial charge in [-0.05, 0) is 36.8 Å². The standard InChI is InChI=1S/C16H24N2O/c1-3-10-19-11-9-18-8-7-14-5-4-6-15(16(14)18)12-13(2)17/h4-8,13H,3,9-12,17H2,1-2H3. The third-order valence-electron chi connectivity index (χ3n) is 3.24. The summed E-state index contributed by atoms with van der Waals surface area (Å²) >= 11 is 0. The highest BCUT2D eigenvalue weighted by Gasteiger charge is 2.08. The van der Waals surface area contributed by atoms with Crippen LogP contribution in [0.2, 0.25) is 0 Å². The topological polar surface area (TPSA) is 40.2 Å². The second-order valence-corrected chi connectivity index (χ2v) is 5.16. The third kappa shape index (κ3) is 3.58. The summed E-state index contributed by atoms with van der Waals surface area (Å²) in [6.45, 7) is 6.69. The lowest BCUT2D eigenvalue weighted by molar-refractivity contribution is 0.127. The van der Waals surface area contributed by atoms with Crippen LogP contribution in [-0.4, -0.2) is 23.8 Å². The molecule has 2 aromatic rings. The highest BCUT2D eigenvalue weighted by atomic mass is 16.5. The van der Waals surface area contributed by atoms with Crippen LogP contribution in [0, 0.1) is 0 Å². The predicted octanol–water partition coefficient (Wildman–Crippen LogP) is 2.96. The van der Waals surface area contributed by atoms with Gasteiger partial charge in [-0.1, -0.05) is 25.1 Å². The van der Waals surface area contributed by atoms with Crippen LogP contribution in [0.5, 0.6) is 0 Å². The number of rotatable bonds is 7. The van der Waals surface area contributed by atoms with Crippen LogP contribution in [0.4, 0.5) is 0 Å². The van der Waals surface area contributed by atoms with E-state index in [2.05, 4.69) is 48.9 Å². The number of fused-ring (bicyclic) bond motifs is 1. The second-order valence-electron chi connectivity index (χ2n) is 5.16. The minimum atomic E-state index is 0.185. The minimum Gasteiger partial charge on any atom is -0.380 e. The second kappa shape index (κ2) is 6.73. The Balaban J connectivity index is 2.19. The van der Waals surface area contributed by atoms with E-state index in [9.17, 15) is 0 Å². The Labute approximate surface area is 115 Å². The van der Waals surface area contributed by atoms with Gasteiger partial charge in [-0.25, -0.2) is 0 Å². The largest absolute Gasteiger partial charge is 0.380 e. The number of hydrogen-bond acceptors (Lipinski definition) is 2. The lowest BCUT2D eigenvalue weighted by Crippen LogP contribution is -2.18. The summed E-state index contributed by atoms with van der Waals surface area (Å²) in [5.74, 6) is 0. The van der Waals surface area contributed by atoms with Crippen molar-refractivity contribution in [2.45, 2.75) is 39.3 Å². The molecule has 1 heterocycles. The summed E-state index contributed by atoms with van der Waals surface area (Å²) in [7, 11) is 0. The van der Waals surface area contributed by atoms with E-state index in [1.807, 2.05) is 0 Å². The quantitative estimate of drug-likeness (QED) is 0.777. The fourth-order valence-electron chi connectivity index (χ4n) is 2.45. The summed E-state index contributed by atoms with van der Waals surface area (Å²) in [5.41, 5.74) is 8.57. The summed E-state index contributed by atoms with van der Waals surface area (Å²) in [4.78, 5) is 0. The first-order chi connectivity index (χ1) is 9.22. The van der Waals surface area contributed by atoms with E-state index in [0.717, 1.165) is 32.6 Å². The summed E-state index contributed by atoms with van der Waals surface area (Å²) in [6, 6.07) is 8.79. The normalized spacial score (nSPS) is 13.0. The molecule has 2 rings (SSSR count). The monoisotopic (exact) mass is 260 g/mol. The zero-order valence-corrected chi connectivity index (χ0v) is 11.9. The molecule has 0 saturated carbocycles. The van der Waals surface area contributed by atoms with E-state index < -0.39 is 0 Å². The zero-order valence-electron chi connectivity index (χ0n) is 11.9. The Morgan fingerprint density at radius 2 is 2.11 bits per heavy atom. The van der Waals surface area contributed by atoms with Crippen LogP contribution < -0.4 is 5.73 Å². The van der Waals surface area contributed by atoms with Crippen LogP contribution in [0.3, 0.4) is 0 Å². The van der Waals surface area contributed by atoms with Gasteiger partial charge in [0, 0.05) is 25.4 Å². The molecular weight excluding hydrogens is 236 g/mol. The number of hydrogen-bond donors (Lipinski definition) is 1. The Kier molecular flexibility index (Phi) is 5.00. The van der Waals surface area contributed by atoms with Gasteiger partial charge in [0.05, 0.1) is 12.1 Å². The van der Waals surface area contributed by atoms with Gasteiger partial charge in [-0.3, -0.25) is 0 Å². The number of aromatic nitrogens is 1. The molecule has 19 heavy (non-hydrogen) atoms. The van der Waals surface area contributed by atoms with Gasteiger partial charge in [0.2, 0.25) is 0 Å². The summed E-state index contributed by atoms with van der Waals surface area (Å²) in [6.07, 6.45) is 4.13. The molecule has 1 aromatic carbocycles. The first kappa shape index (κ1) is 14.1. The fraction of sp³-hybridized carbons (Fsp3) is 0.500. The molecule has 1 atom stereocenters. The fourth-order valence-corrected chi connectivity index (χ4v) is 2.45. The Bertz CT molecular complexity index is 516. The highest BCUT2D eigenvalue weighted by Crippen LogP contribution is 2.21. The molecule has 0 aliphatic rings. The molecule has 0 aliphatic carbocycles. The minimum absolute atomic E-state index is 0.185. The van der Waals surface area contributed by atoms with Crippen molar-refractivity contribution in [3.05, 3.63) is 36.0 Å². The van der Waals surface area contributed by atoms with Gasteiger partial charge in [0.1, 0.15) is 0 Å². The van der Waals surface area contributed by atoms with Gasteiger partial charge in [0.15, 0.2) is 0 Å². The Morgan fingerprint density at radius 1 is 1.26 bits per heavy atom. The molecule has 0 fully saturated rings. The molecule has 0 spiro atoms. The average Bonchev–Trinajstić information content (AvgIpc) is 2.78. The van der Waals surface area contributed by atoms with Crippen LogP contribution in [0.1, 0.15) is 25.8 Å². The van der Waals surface area contributed by atoms with Crippen molar-refractivity contribution in [1.82, 2.24) is 4.57 Å². The van der Waals surface area contributed by atoms with Gasteiger partial charge in [-0.15, -0.1) is 0 Å². The number of benzene rings is 1. The molecular formula is C16H24N2O. The Hall–Kier alpha value is -1.32. The van der Waals surface area contributed by atoms with Gasteiger partial charge >= 0.3 is 0 Å². The molecule has 3 heteroatoms. The van der Waals surface area contributed by atoms with Crippen molar-refractivity contribution in [2.24, 2.45) is 5.73 Å². The third-order valence-corrected chi connectivity index (χ3v) is 3.24. The molecule has 3 nitrogen and oxygen atoms in total. The SMILES string of the molecule is CCCOCCn1ccc2cccc(CC(C)N)c21. The van der Waals surface area contributed by atoms with Crippen molar-refractivity contribution < 1.29 is 4.74 Å². The average molecular weight is 260 g/mol. The van der Waals surface area contributed by atoms with Crippen molar-refractivity contribution in [2.75, 3.05) is 13.2 Å². The van der Waals surface area contributed by atoms with Gasteiger partial charge in [0.25, 0.3) is 0 Å². The number of ether oxygens (including phenoxy) is 1. The molecule has 0 bridgehead atoms. The molecule has 0 aliphatic heterocycles. The predicted molar refractivity (Wildman–Crippen MR) is 80.4 cm³/mol. The van der Waals surface area contributed by atoms with E-state index in [1.165, 1.54) is 16.5 Å². The van der Waals surface area contributed by atoms with Gasteiger partial charge < -0.3 is 15.0 Å². The maximum absolute atomic E-state index is 5.94. The highest BCUT2D eigenvalue weighted by molar-refractivity contribution is 5.83. The molecule has 1 unspecified atom stereocenters. The maximum Gasteiger partial charge on any atom is 0.0645 e. The van der Waals surface area contributed by atoms with Crippen molar-refractivity contribution in [3.63, 3.8) is 0 Å². The van der Waals surface area contributed by atoms with E-state index in [-0.39, 0.29) is 6.04 Å². The zero-order chi connectivity index (χ0) is 13.7. The summed E-state index contributed by atoms with van der Waals surface area (Å²) < 4.78 is 7.86. The number of nitrogens with zero attached hydrogens (tertiary/aromatic N) is 1. The first-order valence-corrected chi connectivity index (χ1v) is 7.12. The number of nitrogens with two attached hydrogens (primary N) is 1. The van der Waals surface area contributed by atoms with E-state index in [1.54, 1.807) is 0 Å². The van der Waals surface area contributed by atoms with E-state index in [0.29, 0.717) is 0 Å². The molecule has 1 aromatic heterocycles. The van der Waals surface area contributed by atoms with Gasteiger partial charge in [-0.2, -0.15) is 0 Å². The van der Waals surface area contributed by atoms with Crippen LogP contribution in [-0.2, 0) is 17.7 Å². The van der Waals surface area contributed by atoms with Crippen molar-refractivity contribution in [1.29, 1.82) is 0 Å². The first-order valence-electron chi connectivity index (χ1n) is 7.12. The summed E-state index contributed by atoms with van der Waals surface area (Å²) in [5, 5.41) is 1.29. The molecule has 0 saturated heterocycles. The van der Waals surface area contributed by atoms with Crippen molar-refractivity contribution in [3.8, 4) is 0 Å². The van der Waals surface area contributed by atoms with E-state index >= 15 is 0 Å². The molecule has 2 N–H and O–H groups in total. The molecule has 0 amide bonds. The number of para-hydroxylation sites is 1.